The van der Waals surface area contributed by atoms with Gasteiger partial charge in [-0.3, -0.25) is 0 Å². The monoisotopic (exact) mass is 753 g/mol. The molecule has 0 unspecified atom stereocenters. The lowest BCUT2D eigenvalue weighted by atomic mass is 9.96. The van der Waals surface area contributed by atoms with Gasteiger partial charge in [0.2, 0.25) is 0 Å². The summed E-state index contributed by atoms with van der Waals surface area (Å²) in [4.78, 5) is 12.7. The van der Waals surface area contributed by atoms with Crippen LogP contribution in [0.15, 0.2) is 237 Å². The van der Waals surface area contributed by atoms with Gasteiger partial charge in [0.15, 0.2) is 0 Å². The van der Waals surface area contributed by atoms with E-state index in [1.165, 1.54) is 11.1 Å². The molecule has 1 aromatic heterocycles. The van der Waals surface area contributed by atoms with Gasteiger partial charge in [-0.05, 0) is 105 Å². The number of hydrogen-bond donors (Lipinski definition) is 0. The van der Waals surface area contributed by atoms with Gasteiger partial charge >= 0.3 is 0 Å². The molecule has 0 atom stereocenters. The Hall–Kier alpha value is -7.88. The number of para-hydroxylation sites is 2. The van der Waals surface area contributed by atoms with Crippen molar-refractivity contribution in [2.24, 2.45) is 0 Å². The topological polar surface area (TPSA) is 29.0 Å². The standard InChI is InChI=1S/C56H39N3/c1-5-17-40(18-6-1)45-25-15-26-46(35-45)47-27-16-28-51(37-47)59(52-38-48(41-19-7-2-8-20-41)36-49(39-52)42-21-9-3-10-22-42)50-33-31-44(32-34-50)56-55(43-23-11-4-12-24-43)57-53-29-13-14-30-54(53)58-56/h1-39H. The summed E-state index contributed by atoms with van der Waals surface area (Å²) in [6.45, 7) is 0. The Morgan fingerprint density at radius 1 is 0.220 bits per heavy atom. The van der Waals surface area contributed by atoms with E-state index in [1.54, 1.807) is 0 Å². The molecule has 0 amide bonds. The smallest absolute Gasteiger partial charge is 0.0973 e. The molecule has 0 saturated heterocycles. The minimum absolute atomic E-state index is 0.853. The van der Waals surface area contributed by atoms with Crippen LogP contribution >= 0.6 is 0 Å². The van der Waals surface area contributed by atoms with Crippen molar-refractivity contribution in [1.29, 1.82) is 0 Å². The Bertz CT molecular complexity index is 2960. The molecule has 0 bridgehead atoms. The van der Waals surface area contributed by atoms with Gasteiger partial charge in [0.1, 0.15) is 0 Å². The molecular weight excluding hydrogens is 715 g/mol. The van der Waals surface area contributed by atoms with Gasteiger partial charge in [0, 0.05) is 28.2 Å². The fourth-order valence-electron chi connectivity index (χ4n) is 7.88. The van der Waals surface area contributed by atoms with Crippen molar-refractivity contribution >= 4 is 28.1 Å². The molecule has 0 radical (unpaired) electrons. The van der Waals surface area contributed by atoms with Crippen molar-refractivity contribution in [3.05, 3.63) is 237 Å². The summed E-state index contributed by atoms with van der Waals surface area (Å²) in [7, 11) is 0. The van der Waals surface area contributed by atoms with Crippen LogP contribution in [0.4, 0.5) is 17.1 Å². The third kappa shape index (κ3) is 7.41. The SMILES string of the molecule is c1ccc(-c2cccc(-c3cccc(N(c4ccc(-c5nc6ccccc6nc5-c5ccccc5)cc4)c4cc(-c5ccccc5)cc(-c5ccccc5)c4)c3)c2)cc1. The summed E-state index contributed by atoms with van der Waals surface area (Å²) in [5.74, 6) is 0. The summed E-state index contributed by atoms with van der Waals surface area (Å²) in [6, 6.07) is 83.7. The van der Waals surface area contributed by atoms with Gasteiger partial charge in [-0.1, -0.05) is 176 Å². The first-order valence-corrected chi connectivity index (χ1v) is 20.0. The number of rotatable bonds is 9. The highest BCUT2D eigenvalue weighted by Crippen LogP contribution is 2.42. The minimum Gasteiger partial charge on any atom is -0.310 e. The normalized spacial score (nSPS) is 11.1. The fourth-order valence-corrected chi connectivity index (χ4v) is 7.88. The molecule has 0 aliphatic heterocycles. The molecule has 3 nitrogen and oxygen atoms in total. The quantitative estimate of drug-likeness (QED) is 0.147. The zero-order chi connectivity index (χ0) is 39.4. The van der Waals surface area contributed by atoms with Gasteiger partial charge in [-0.15, -0.1) is 0 Å². The Morgan fingerprint density at radius 2 is 0.576 bits per heavy atom. The third-order valence-corrected chi connectivity index (χ3v) is 10.8. The zero-order valence-electron chi connectivity index (χ0n) is 32.4. The lowest BCUT2D eigenvalue weighted by Crippen LogP contribution is -2.10. The third-order valence-electron chi connectivity index (χ3n) is 10.8. The summed E-state index contributed by atoms with van der Waals surface area (Å²) in [6.07, 6.45) is 0. The largest absolute Gasteiger partial charge is 0.310 e. The Morgan fingerprint density at radius 3 is 1.10 bits per heavy atom. The van der Waals surface area contributed by atoms with Crippen molar-refractivity contribution in [3.63, 3.8) is 0 Å². The van der Waals surface area contributed by atoms with Gasteiger partial charge in [0.25, 0.3) is 0 Å². The second kappa shape index (κ2) is 15.9. The van der Waals surface area contributed by atoms with E-state index in [9.17, 15) is 0 Å². The molecule has 0 fully saturated rings. The number of hydrogen-bond acceptors (Lipinski definition) is 3. The highest BCUT2D eigenvalue weighted by molar-refractivity contribution is 5.89. The highest BCUT2D eigenvalue weighted by atomic mass is 15.1. The Labute approximate surface area is 345 Å². The second-order valence-electron chi connectivity index (χ2n) is 14.7. The Kier molecular flexibility index (Phi) is 9.59. The average Bonchev–Trinajstić information content (AvgIpc) is 3.32. The zero-order valence-corrected chi connectivity index (χ0v) is 32.4. The molecular formula is C56H39N3. The summed E-state index contributed by atoms with van der Waals surface area (Å²) >= 11 is 0. The van der Waals surface area contributed by atoms with Crippen LogP contribution < -0.4 is 4.90 Å². The number of anilines is 3. The molecule has 10 aromatic rings. The average molecular weight is 754 g/mol. The van der Waals surface area contributed by atoms with E-state index < -0.39 is 0 Å². The molecule has 0 aliphatic rings. The fraction of sp³-hybridized carbons (Fsp3) is 0. The van der Waals surface area contributed by atoms with Crippen LogP contribution in [0, 0.1) is 0 Å². The molecule has 59 heavy (non-hydrogen) atoms. The van der Waals surface area contributed by atoms with Crippen molar-refractivity contribution in [2.45, 2.75) is 0 Å². The minimum atomic E-state index is 0.853. The van der Waals surface area contributed by atoms with Crippen LogP contribution in [0.3, 0.4) is 0 Å². The van der Waals surface area contributed by atoms with E-state index in [1.807, 2.05) is 30.3 Å². The van der Waals surface area contributed by atoms with Crippen LogP contribution in [0.25, 0.3) is 78.1 Å². The summed E-state index contributed by atoms with van der Waals surface area (Å²) in [5.41, 5.74) is 18.0. The number of benzene rings is 9. The molecule has 278 valence electrons. The maximum absolute atomic E-state index is 5.20. The van der Waals surface area contributed by atoms with Crippen molar-refractivity contribution in [3.8, 4) is 67.0 Å². The van der Waals surface area contributed by atoms with E-state index in [2.05, 4.69) is 211 Å². The highest BCUT2D eigenvalue weighted by Gasteiger charge is 2.19. The predicted molar refractivity (Wildman–Crippen MR) is 247 cm³/mol. The molecule has 0 saturated carbocycles. The number of fused-ring (bicyclic) bond motifs is 1. The van der Waals surface area contributed by atoms with Crippen LogP contribution in [0.1, 0.15) is 0 Å². The van der Waals surface area contributed by atoms with E-state index in [-0.39, 0.29) is 0 Å². The molecule has 10 rings (SSSR count). The van der Waals surface area contributed by atoms with Crippen molar-refractivity contribution in [2.75, 3.05) is 4.90 Å². The molecule has 0 spiro atoms. The lowest BCUT2D eigenvalue weighted by molar-refractivity contribution is 1.27. The first kappa shape index (κ1) is 35.5. The van der Waals surface area contributed by atoms with Gasteiger partial charge in [-0.2, -0.15) is 0 Å². The molecule has 9 aromatic carbocycles. The van der Waals surface area contributed by atoms with Crippen LogP contribution in [-0.4, -0.2) is 9.97 Å². The van der Waals surface area contributed by atoms with E-state index >= 15 is 0 Å². The summed E-state index contributed by atoms with van der Waals surface area (Å²) < 4.78 is 0. The van der Waals surface area contributed by atoms with Gasteiger partial charge in [0.05, 0.1) is 22.4 Å². The molecule has 0 N–H and O–H groups in total. The molecule has 1 heterocycles. The number of aromatic nitrogens is 2. The van der Waals surface area contributed by atoms with E-state index in [0.29, 0.717) is 0 Å². The molecule has 3 heteroatoms. The maximum atomic E-state index is 5.20. The van der Waals surface area contributed by atoms with Gasteiger partial charge in [-0.25, -0.2) is 9.97 Å². The van der Waals surface area contributed by atoms with Crippen LogP contribution in [0.5, 0.6) is 0 Å². The van der Waals surface area contributed by atoms with E-state index in [4.69, 9.17) is 9.97 Å². The summed E-state index contributed by atoms with van der Waals surface area (Å²) in [5, 5.41) is 0. The Balaban J connectivity index is 1.14. The molecule has 0 aliphatic carbocycles. The first-order chi connectivity index (χ1) is 29.2. The maximum Gasteiger partial charge on any atom is 0.0973 e. The number of nitrogens with zero attached hydrogens (tertiary/aromatic N) is 3. The van der Waals surface area contributed by atoms with Crippen molar-refractivity contribution < 1.29 is 0 Å². The van der Waals surface area contributed by atoms with Gasteiger partial charge < -0.3 is 4.90 Å². The first-order valence-electron chi connectivity index (χ1n) is 20.0. The van der Waals surface area contributed by atoms with Crippen LogP contribution in [0.2, 0.25) is 0 Å². The lowest BCUT2D eigenvalue weighted by Gasteiger charge is -2.27. The predicted octanol–water partition coefficient (Wildman–Crippen LogP) is 15.1. The van der Waals surface area contributed by atoms with Crippen LogP contribution in [-0.2, 0) is 0 Å². The van der Waals surface area contributed by atoms with Crippen molar-refractivity contribution in [1.82, 2.24) is 9.97 Å². The second-order valence-corrected chi connectivity index (χ2v) is 14.7. The van der Waals surface area contributed by atoms with E-state index in [0.717, 1.165) is 84.0 Å².